The minimum Gasteiger partial charge on any atom is -0.384 e. The molecular formula is C12H16ClNO. The van der Waals surface area contributed by atoms with Crippen LogP contribution in [0.15, 0.2) is 18.2 Å². The molecule has 2 rings (SSSR count). The number of aryl methyl sites for hydroxylation is 1. The standard InChI is InChI=1S/C12H16ClNO/c1-9-3-4-10(7-11(9)13)12(15)5-6-14(2)8-12/h3-4,7,15H,5-6,8H2,1-2H3. The summed E-state index contributed by atoms with van der Waals surface area (Å²) in [6.45, 7) is 3.59. The van der Waals surface area contributed by atoms with Crippen molar-refractivity contribution in [1.82, 2.24) is 4.90 Å². The molecule has 1 aliphatic heterocycles. The van der Waals surface area contributed by atoms with Crippen LogP contribution in [0.2, 0.25) is 5.02 Å². The number of benzene rings is 1. The molecule has 0 radical (unpaired) electrons. The number of likely N-dealkylation sites (N-methyl/N-ethyl adjacent to an activating group) is 1. The molecule has 0 bridgehead atoms. The first kappa shape index (κ1) is 10.9. The van der Waals surface area contributed by atoms with Crippen molar-refractivity contribution in [3.63, 3.8) is 0 Å². The second kappa shape index (κ2) is 3.78. The molecule has 1 fully saturated rings. The predicted octanol–water partition coefficient (Wildman–Crippen LogP) is 2.17. The number of hydrogen-bond donors (Lipinski definition) is 1. The molecule has 0 saturated carbocycles. The van der Waals surface area contributed by atoms with Crippen LogP contribution in [0.1, 0.15) is 17.5 Å². The Hall–Kier alpha value is -0.570. The number of β-amino-alcohol motifs (C(OH)–C–C–N with tert-alkyl or cyclic N) is 1. The average Bonchev–Trinajstić information content (AvgIpc) is 2.52. The zero-order valence-electron chi connectivity index (χ0n) is 9.13. The highest BCUT2D eigenvalue weighted by Crippen LogP contribution is 2.33. The molecule has 1 saturated heterocycles. The van der Waals surface area contributed by atoms with Crippen molar-refractivity contribution >= 4 is 11.6 Å². The first-order valence-corrected chi connectivity index (χ1v) is 5.57. The van der Waals surface area contributed by atoms with Crippen LogP contribution in [-0.2, 0) is 5.60 Å². The Morgan fingerprint density at radius 1 is 1.47 bits per heavy atom. The van der Waals surface area contributed by atoms with Crippen LogP contribution in [-0.4, -0.2) is 30.1 Å². The minimum absolute atomic E-state index is 0.687. The van der Waals surface area contributed by atoms with Crippen molar-refractivity contribution in [3.05, 3.63) is 34.3 Å². The molecule has 1 aromatic carbocycles. The molecule has 1 atom stereocenters. The quantitative estimate of drug-likeness (QED) is 0.792. The largest absolute Gasteiger partial charge is 0.384 e. The Morgan fingerprint density at radius 2 is 2.20 bits per heavy atom. The molecule has 15 heavy (non-hydrogen) atoms. The molecule has 3 heteroatoms. The molecule has 0 aliphatic carbocycles. The van der Waals surface area contributed by atoms with Gasteiger partial charge in [-0.1, -0.05) is 23.7 Å². The summed E-state index contributed by atoms with van der Waals surface area (Å²) in [5.74, 6) is 0. The van der Waals surface area contributed by atoms with Gasteiger partial charge in [0.1, 0.15) is 5.60 Å². The third kappa shape index (κ3) is 2.03. The van der Waals surface area contributed by atoms with Gasteiger partial charge in [0, 0.05) is 18.1 Å². The summed E-state index contributed by atoms with van der Waals surface area (Å²) >= 11 is 6.07. The summed E-state index contributed by atoms with van der Waals surface area (Å²) in [5, 5.41) is 11.2. The highest BCUT2D eigenvalue weighted by Gasteiger charge is 2.36. The summed E-state index contributed by atoms with van der Waals surface area (Å²) in [5.41, 5.74) is 1.27. The summed E-state index contributed by atoms with van der Waals surface area (Å²) < 4.78 is 0. The number of aliphatic hydroxyl groups is 1. The van der Waals surface area contributed by atoms with Gasteiger partial charge in [-0.15, -0.1) is 0 Å². The summed E-state index contributed by atoms with van der Waals surface area (Å²) in [7, 11) is 2.02. The van der Waals surface area contributed by atoms with Crippen LogP contribution < -0.4 is 0 Å². The first-order valence-electron chi connectivity index (χ1n) is 5.19. The maximum absolute atomic E-state index is 10.4. The fourth-order valence-electron chi connectivity index (χ4n) is 2.10. The minimum atomic E-state index is -0.716. The summed E-state index contributed by atoms with van der Waals surface area (Å²) in [4.78, 5) is 2.13. The Labute approximate surface area is 95.5 Å². The summed E-state index contributed by atoms with van der Waals surface area (Å²) in [6.07, 6.45) is 0.781. The average molecular weight is 226 g/mol. The van der Waals surface area contributed by atoms with E-state index in [1.807, 2.05) is 32.2 Å². The molecule has 1 aliphatic rings. The number of halogens is 1. The third-order valence-corrected chi connectivity index (χ3v) is 3.55. The van der Waals surface area contributed by atoms with Crippen LogP contribution >= 0.6 is 11.6 Å². The van der Waals surface area contributed by atoms with E-state index in [0.717, 1.165) is 29.1 Å². The fourth-order valence-corrected chi connectivity index (χ4v) is 2.28. The van der Waals surface area contributed by atoms with E-state index in [9.17, 15) is 5.11 Å². The van der Waals surface area contributed by atoms with Crippen LogP contribution in [0.3, 0.4) is 0 Å². The van der Waals surface area contributed by atoms with Crippen molar-refractivity contribution in [2.24, 2.45) is 0 Å². The van der Waals surface area contributed by atoms with Crippen molar-refractivity contribution in [2.45, 2.75) is 18.9 Å². The van der Waals surface area contributed by atoms with E-state index in [-0.39, 0.29) is 0 Å². The SMILES string of the molecule is Cc1ccc(C2(O)CCN(C)C2)cc1Cl. The Morgan fingerprint density at radius 3 is 2.73 bits per heavy atom. The number of rotatable bonds is 1. The number of nitrogens with zero attached hydrogens (tertiary/aromatic N) is 1. The molecule has 1 aromatic rings. The lowest BCUT2D eigenvalue weighted by Crippen LogP contribution is -2.29. The lowest BCUT2D eigenvalue weighted by Gasteiger charge is -2.23. The van der Waals surface area contributed by atoms with Gasteiger partial charge < -0.3 is 10.0 Å². The van der Waals surface area contributed by atoms with Crippen LogP contribution in [0.4, 0.5) is 0 Å². The smallest absolute Gasteiger partial charge is 0.103 e. The van der Waals surface area contributed by atoms with Crippen LogP contribution in [0.5, 0.6) is 0 Å². The van der Waals surface area contributed by atoms with E-state index < -0.39 is 5.60 Å². The van der Waals surface area contributed by atoms with E-state index in [2.05, 4.69) is 4.90 Å². The highest BCUT2D eigenvalue weighted by atomic mass is 35.5. The molecule has 0 aromatic heterocycles. The molecule has 0 amide bonds. The maximum atomic E-state index is 10.4. The molecule has 82 valence electrons. The monoisotopic (exact) mass is 225 g/mol. The Kier molecular flexibility index (Phi) is 2.75. The molecule has 2 nitrogen and oxygen atoms in total. The van der Waals surface area contributed by atoms with Gasteiger partial charge in [-0.05, 0) is 37.6 Å². The van der Waals surface area contributed by atoms with Gasteiger partial charge in [0.05, 0.1) is 0 Å². The molecule has 0 spiro atoms. The number of hydrogen-bond acceptors (Lipinski definition) is 2. The fraction of sp³-hybridized carbons (Fsp3) is 0.500. The molecule has 1 heterocycles. The van der Waals surface area contributed by atoms with E-state index in [1.165, 1.54) is 0 Å². The highest BCUT2D eigenvalue weighted by molar-refractivity contribution is 6.31. The second-order valence-electron chi connectivity index (χ2n) is 4.48. The van der Waals surface area contributed by atoms with Crippen molar-refractivity contribution in [3.8, 4) is 0 Å². The molecule has 1 unspecified atom stereocenters. The molecule has 1 N–H and O–H groups in total. The second-order valence-corrected chi connectivity index (χ2v) is 4.89. The van der Waals surface area contributed by atoms with Crippen molar-refractivity contribution in [2.75, 3.05) is 20.1 Å². The maximum Gasteiger partial charge on any atom is 0.103 e. The summed E-state index contributed by atoms with van der Waals surface area (Å²) in [6, 6.07) is 5.82. The van der Waals surface area contributed by atoms with Gasteiger partial charge >= 0.3 is 0 Å². The van der Waals surface area contributed by atoms with Gasteiger partial charge in [0.25, 0.3) is 0 Å². The zero-order chi connectivity index (χ0) is 11.1. The van der Waals surface area contributed by atoms with Gasteiger partial charge in [-0.3, -0.25) is 0 Å². The van der Waals surface area contributed by atoms with Crippen molar-refractivity contribution in [1.29, 1.82) is 0 Å². The van der Waals surface area contributed by atoms with Gasteiger partial charge in [-0.25, -0.2) is 0 Å². The van der Waals surface area contributed by atoms with Crippen LogP contribution in [0, 0.1) is 6.92 Å². The van der Waals surface area contributed by atoms with Gasteiger partial charge in [-0.2, -0.15) is 0 Å². The van der Waals surface area contributed by atoms with Crippen LogP contribution in [0.25, 0.3) is 0 Å². The van der Waals surface area contributed by atoms with Gasteiger partial charge in [0.15, 0.2) is 0 Å². The lowest BCUT2D eigenvalue weighted by molar-refractivity contribution is 0.0489. The Balaban J connectivity index is 2.33. The van der Waals surface area contributed by atoms with E-state index >= 15 is 0 Å². The topological polar surface area (TPSA) is 23.5 Å². The normalized spacial score (nSPS) is 27.2. The van der Waals surface area contributed by atoms with Crippen molar-refractivity contribution < 1.29 is 5.11 Å². The molecular weight excluding hydrogens is 210 g/mol. The lowest BCUT2D eigenvalue weighted by atomic mass is 9.92. The number of likely N-dealkylation sites (tertiary alicyclic amines) is 1. The van der Waals surface area contributed by atoms with E-state index in [1.54, 1.807) is 0 Å². The Bertz CT molecular complexity index is 380. The first-order chi connectivity index (χ1) is 7.01. The van der Waals surface area contributed by atoms with E-state index in [4.69, 9.17) is 11.6 Å². The van der Waals surface area contributed by atoms with E-state index in [0.29, 0.717) is 6.54 Å². The zero-order valence-corrected chi connectivity index (χ0v) is 9.88. The van der Waals surface area contributed by atoms with Gasteiger partial charge in [0.2, 0.25) is 0 Å². The predicted molar refractivity (Wildman–Crippen MR) is 62.2 cm³/mol. The third-order valence-electron chi connectivity index (χ3n) is 3.15.